The third-order valence-corrected chi connectivity index (χ3v) is 5.54. The quantitative estimate of drug-likeness (QED) is 0.562. The highest BCUT2D eigenvalue weighted by Crippen LogP contribution is 2.33. The number of nitrogens with zero attached hydrogens (tertiary/aromatic N) is 1. The predicted molar refractivity (Wildman–Crippen MR) is 116 cm³/mol. The second-order valence-electron chi connectivity index (χ2n) is 7.77. The van der Waals surface area contributed by atoms with E-state index in [9.17, 15) is 19.2 Å². The smallest absolute Gasteiger partial charge is 0.308 e. The van der Waals surface area contributed by atoms with E-state index in [0.29, 0.717) is 16.8 Å². The zero-order valence-electron chi connectivity index (χ0n) is 18.3. The molecule has 0 unspecified atom stereocenters. The van der Waals surface area contributed by atoms with Crippen LogP contribution < -0.4 is 0 Å². The van der Waals surface area contributed by atoms with Crippen molar-refractivity contribution in [1.29, 1.82) is 0 Å². The van der Waals surface area contributed by atoms with Gasteiger partial charge in [0.05, 0.1) is 18.2 Å². The van der Waals surface area contributed by atoms with Gasteiger partial charge in [-0.15, -0.1) is 0 Å². The van der Waals surface area contributed by atoms with Crippen molar-refractivity contribution in [3.63, 3.8) is 0 Å². The summed E-state index contributed by atoms with van der Waals surface area (Å²) in [6.07, 6.45) is 2.36. The first kappa shape index (κ1) is 22.2. The average molecular weight is 422 g/mol. The van der Waals surface area contributed by atoms with Crippen LogP contribution in [0.3, 0.4) is 0 Å². The van der Waals surface area contributed by atoms with Crippen LogP contribution in [-0.2, 0) is 14.3 Å². The lowest BCUT2D eigenvalue weighted by Gasteiger charge is -2.32. The molecular formula is C24H26N2O5. The lowest BCUT2D eigenvalue weighted by molar-refractivity contribution is -0.148. The van der Waals surface area contributed by atoms with E-state index in [1.54, 1.807) is 20.0 Å². The summed E-state index contributed by atoms with van der Waals surface area (Å²) in [6, 6.07) is 7.02. The fraction of sp³-hybridized carbons (Fsp3) is 0.333. The van der Waals surface area contributed by atoms with Crippen LogP contribution in [0.2, 0.25) is 0 Å². The first-order valence-corrected chi connectivity index (χ1v) is 10.1. The van der Waals surface area contributed by atoms with E-state index < -0.39 is 23.9 Å². The highest BCUT2D eigenvalue weighted by Gasteiger charge is 2.31. The molecule has 1 aromatic heterocycles. The summed E-state index contributed by atoms with van der Waals surface area (Å²) in [5, 5.41) is 0. The predicted octanol–water partition coefficient (Wildman–Crippen LogP) is 3.91. The summed E-state index contributed by atoms with van der Waals surface area (Å²) in [5.41, 5.74) is 3.67. The molecule has 0 spiro atoms. The van der Waals surface area contributed by atoms with E-state index in [2.05, 4.69) is 4.98 Å². The molecule has 0 aliphatic carbocycles. The number of fused-ring (bicyclic) bond motifs is 1. The van der Waals surface area contributed by atoms with Crippen molar-refractivity contribution in [3.05, 3.63) is 64.1 Å². The topological polar surface area (TPSA) is 96.5 Å². The Morgan fingerprint density at radius 2 is 1.81 bits per heavy atom. The molecule has 1 amide bonds. The van der Waals surface area contributed by atoms with Gasteiger partial charge in [-0.05, 0) is 50.5 Å². The molecule has 1 aliphatic heterocycles. The second kappa shape index (κ2) is 8.71. The highest BCUT2D eigenvalue weighted by atomic mass is 16.5. The molecule has 0 saturated carbocycles. The minimum absolute atomic E-state index is 0.0833. The molecule has 1 aliphatic rings. The van der Waals surface area contributed by atoms with Gasteiger partial charge in [-0.1, -0.05) is 24.3 Å². The molecule has 1 N–H and O–H groups in total. The molecule has 31 heavy (non-hydrogen) atoms. The van der Waals surface area contributed by atoms with E-state index in [4.69, 9.17) is 4.74 Å². The number of Topliss-reactive ketones (excluding diaryl/α,β-unsaturated/α-hetero) is 2. The largest absolute Gasteiger partial charge is 0.454 e. The fourth-order valence-corrected chi connectivity index (χ4v) is 4.10. The zero-order valence-corrected chi connectivity index (χ0v) is 18.3. The van der Waals surface area contributed by atoms with Gasteiger partial charge in [0.2, 0.25) is 11.7 Å². The molecular weight excluding hydrogens is 396 g/mol. The van der Waals surface area contributed by atoms with Gasteiger partial charge in [0.1, 0.15) is 0 Å². The van der Waals surface area contributed by atoms with Crippen molar-refractivity contribution in [2.24, 2.45) is 0 Å². The number of ether oxygens (including phenoxy) is 1. The number of amides is 1. The first-order valence-electron chi connectivity index (χ1n) is 10.1. The van der Waals surface area contributed by atoms with Crippen LogP contribution in [0, 0.1) is 13.8 Å². The van der Waals surface area contributed by atoms with Gasteiger partial charge in [0.25, 0.3) is 0 Å². The van der Waals surface area contributed by atoms with Crippen LogP contribution in [0.15, 0.2) is 30.5 Å². The van der Waals surface area contributed by atoms with Gasteiger partial charge in [0, 0.05) is 24.4 Å². The molecule has 2 aromatic rings. The van der Waals surface area contributed by atoms with Gasteiger partial charge >= 0.3 is 5.97 Å². The summed E-state index contributed by atoms with van der Waals surface area (Å²) in [4.78, 5) is 53.9. The van der Waals surface area contributed by atoms with Gasteiger partial charge < -0.3 is 14.6 Å². The summed E-state index contributed by atoms with van der Waals surface area (Å²) in [7, 11) is 0. The third-order valence-electron chi connectivity index (χ3n) is 5.54. The second-order valence-corrected chi connectivity index (χ2v) is 7.77. The average Bonchev–Trinajstić information content (AvgIpc) is 3.01. The Labute approximate surface area is 181 Å². The molecule has 2 atom stereocenters. The maximum Gasteiger partial charge on any atom is 0.308 e. The van der Waals surface area contributed by atoms with E-state index in [1.807, 2.05) is 30.3 Å². The van der Waals surface area contributed by atoms with Crippen LogP contribution in [0.1, 0.15) is 76.5 Å². The molecule has 3 rings (SSSR count). The van der Waals surface area contributed by atoms with E-state index in [1.165, 1.54) is 25.7 Å². The number of hydrogen-bond acceptors (Lipinski definition) is 5. The lowest BCUT2D eigenvalue weighted by atomic mass is 9.94. The number of rotatable bonds is 6. The molecule has 0 radical (unpaired) electrons. The van der Waals surface area contributed by atoms with Gasteiger partial charge in [-0.2, -0.15) is 0 Å². The monoisotopic (exact) mass is 422 g/mol. The summed E-state index contributed by atoms with van der Waals surface area (Å²) < 4.78 is 5.42. The summed E-state index contributed by atoms with van der Waals surface area (Å²) >= 11 is 0. The first-order chi connectivity index (χ1) is 14.6. The molecule has 0 bridgehead atoms. The van der Waals surface area contributed by atoms with Crippen LogP contribution in [0.4, 0.5) is 0 Å². The normalized spacial score (nSPS) is 15.9. The van der Waals surface area contributed by atoms with Crippen molar-refractivity contribution in [2.75, 3.05) is 0 Å². The third kappa shape index (κ3) is 4.35. The van der Waals surface area contributed by atoms with Crippen LogP contribution in [0.25, 0.3) is 6.08 Å². The maximum atomic E-state index is 12.9. The fourth-order valence-electron chi connectivity index (χ4n) is 4.10. The summed E-state index contributed by atoms with van der Waals surface area (Å²) in [6.45, 7) is 7.80. The minimum Gasteiger partial charge on any atom is -0.454 e. The number of aryl methyl sites for hydroxylation is 1. The maximum absolute atomic E-state index is 12.9. The molecule has 2 heterocycles. The number of ketones is 2. The van der Waals surface area contributed by atoms with Crippen molar-refractivity contribution >= 4 is 29.5 Å². The van der Waals surface area contributed by atoms with Crippen LogP contribution in [-0.4, -0.2) is 39.4 Å². The number of nitrogens with one attached hydrogen (secondary N) is 1. The molecule has 7 nitrogen and oxygen atoms in total. The number of hydrogen-bond donors (Lipinski definition) is 1. The van der Waals surface area contributed by atoms with Crippen molar-refractivity contribution in [2.45, 2.75) is 53.2 Å². The van der Waals surface area contributed by atoms with Crippen molar-refractivity contribution < 1.29 is 23.9 Å². The Kier molecular flexibility index (Phi) is 6.24. The number of H-pyrrole nitrogens is 1. The number of esters is 1. The Hall–Kier alpha value is -3.48. The van der Waals surface area contributed by atoms with E-state index in [-0.39, 0.29) is 23.8 Å². The standard InChI is InChI=1S/C24H26N2O5/c1-13-22(15(3)27)14(2)25-23(13)24(30)16(4)31-21(29)12-20-19-9-7-6-8-18(19)10-11-26(20)17(5)28/h6-11,16,20,25H,12H2,1-5H3/t16-,20+/m1/s1. The zero-order chi connectivity index (χ0) is 22.9. The Balaban J connectivity index is 1.76. The molecule has 0 fully saturated rings. The minimum atomic E-state index is -1.04. The number of benzene rings is 1. The number of aromatic amines is 1. The van der Waals surface area contributed by atoms with Crippen LogP contribution in [0.5, 0.6) is 0 Å². The molecule has 1 aromatic carbocycles. The highest BCUT2D eigenvalue weighted by molar-refractivity contribution is 6.05. The number of carbonyl (C=O) groups excluding carboxylic acids is 4. The Bertz CT molecular complexity index is 1100. The van der Waals surface area contributed by atoms with E-state index >= 15 is 0 Å². The Morgan fingerprint density at radius 3 is 2.42 bits per heavy atom. The number of carbonyl (C=O) groups is 4. The summed E-state index contributed by atoms with van der Waals surface area (Å²) in [5.74, 6) is -1.33. The van der Waals surface area contributed by atoms with Gasteiger partial charge in [-0.25, -0.2) is 0 Å². The van der Waals surface area contributed by atoms with Crippen molar-refractivity contribution in [3.8, 4) is 0 Å². The van der Waals surface area contributed by atoms with Gasteiger partial charge in [-0.3, -0.25) is 19.2 Å². The van der Waals surface area contributed by atoms with Gasteiger partial charge in [0.15, 0.2) is 11.9 Å². The van der Waals surface area contributed by atoms with Crippen molar-refractivity contribution in [1.82, 2.24) is 9.88 Å². The molecule has 162 valence electrons. The molecule has 0 saturated heterocycles. The molecule has 7 heteroatoms. The van der Waals surface area contributed by atoms with Crippen LogP contribution >= 0.6 is 0 Å². The SMILES string of the molecule is CC(=O)c1c(C)[nH]c(C(=O)[C@@H](C)OC(=O)C[C@H]2c3ccccc3C=CN2C(C)=O)c1C. The van der Waals surface area contributed by atoms with E-state index in [0.717, 1.165) is 11.1 Å². The number of aromatic nitrogens is 1. The lowest BCUT2D eigenvalue weighted by Crippen LogP contribution is -2.34. The Morgan fingerprint density at radius 1 is 1.13 bits per heavy atom.